The van der Waals surface area contributed by atoms with Gasteiger partial charge in [-0.25, -0.2) is 0 Å². The van der Waals surface area contributed by atoms with Crippen LogP contribution in [0.25, 0.3) is 0 Å². The Labute approximate surface area is 172 Å². The van der Waals surface area contributed by atoms with Crippen LogP contribution in [-0.4, -0.2) is 32.3 Å². The number of thioether (sulfide) groups is 1. The molecule has 0 aliphatic heterocycles. The number of primary amides is 1. The van der Waals surface area contributed by atoms with Gasteiger partial charge in [-0.2, -0.15) is 0 Å². The van der Waals surface area contributed by atoms with Crippen molar-refractivity contribution in [1.82, 2.24) is 14.8 Å². The van der Waals surface area contributed by atoms with E-state index in [9.17, 15) is 9.59 Å². The number of nitrogens with zero attached hydrogens (tertiary/aromatic N) is 3. The van der Waals surface area contributed by atoms with Crippen molar-refractivity contribution in [3.05, 3.63) is 21.8 Å². The minimum atomic E-state index is -0.463. The lowest BCUT2D eigenvalue weighted by molar-refractivity contribution is -0.113. The third-order valence-corrected chi connectivity index (χ3v) is 7.68. The zero-order valence-electron chi connectivity index (χ0n) is 16.0. The number of hydrogen-bond donors (Lipinski definition) is 2. The van der Waals surface area contributed by atoms with Gasteiger partial charge in [0.2, 0.25) is 5.91 Å². The van der Waals surface area contributed by atoms with E-state index in [0.29, 0.717) is 16.6 Å². The van der Waals surface area contributed by atoms with Crippen molar-refractivity contribution in [2.75, 3.05) is 11.1 Å². The van der Waals surface area contributed by atoms with E-state index in [4.69, 9.17) is 5.73 Å². The summed E-state index contributed by atoms with van der Waals surface area (Å²) in [5, 5.41) is 12.8. The molecule has 2 aliphatic carbocycles. The van der Waals surface area contributed by atoms with Gasteiger partial charge in [0.05, 0.1) is 11.3 Å². The van der Waals surface area contributed by atoms with Crippen LogP contribution in [0.4, 0.5) is 5.00 Å². The number of rotatable bonds is 6. The number of aromatic nitrogens is 3. The maximum atomic E-state index is 12.5. The average molecular weight is 420 g/mol. The van der Waals surface area contributed by atoms with E-state index in [1.807, 2.05) is 6.92 Å². The normalized spacial score (nSPS) is 16.9. The first-order valence-corrected chi connectivity index (χ1v) is 11.6. The van der Waals surface area contributed by atoms with Crippen LogP contribution in [0.1, 0.15) is 71.2 Å². The predicted molar refractivity (Wildman–Crippen MR) is 111 cm³/mol. The summed E-state index contributed by atoms with van der Waals surface area (Å²) < 4.78 is 2.19. The molecule has 9 heteroatoms. The number of hydrogen-bond acceptors (Lipinski definition) is 6. The van der Waals surface area contributed by atoms with E-state index in [1.165, 1.54) is 47.2 Å². The Hall–Kier alpha value is -1.87. The maximum Gasteiger partial charge on any atom is 0.251 e. The lowest BCUT2D eigenvalue weighted by Crippen LogP contribution is -2.19. The van der Waals surface area contributed by atoms with Crippen molar-refractivity contribution in [2.24, 2.45) is 5.73 Å². The molecule has 2 heterocycles. The molecule has 0 unspecified atom stereocenters. The van der Waals surface area contributed by atoms with Gasteiger partial charge >= 0.3 is 0 Å². The average Bonchev–Trinajstić information content (AvgIpc) is 3.34. The van der Waals surface area contributed by atoms with Crippen LogP contribution in [0, 0.1) is 6.92 Å². The quantitative estimate of drug-likeness (QED) is 0.698. The fraction of sp³-hybridized carbons (Fsp3) is 0.579. The third kappa shape index (κ3) is 3.82. The molecular formula is C19H25N5O2S2. The lowest BCUT2D eigenvalue weighted by atomic mass is 9.95. The van der Waals surface area contributed by atoms with E-state index in [2.05, 4.69) is 20.1 Å². The van der Waals surface area contributed by atoms with E-state index < -0.39 is 5.91 Å². The van der Waals surface area contributed by atoms with Crippen LogP contribution in [0.3, 0.4) is 0 Å². The van der Waals surface area contributed by atoms with Gasteiger partial charge in [-0.1, -0.05) is 31.0 Å². The summed E-state index contributed by atoms with van der Waals surface area (Å²) in [4.78, 5) is 25.6. The van der Waals surface area contributed by atoms with Gasteiger partial charge < -0.3 is 15.6 Å². The fourth-order valence-corrected chi connectivity index (χ4v) is 6.42. The van der Waals surface area contributed by atoms with Gasteiger partial charge in [-0.3, -0.25) is 9.59 Å². The Balaban J connectivity index is 1.43. The third-order valence-electron chi connectivity index (χ3n) is 5.53. The second-order valence-electron chi connectivity index (χ2n) is 7.45. The van der Waals surface area contributed by atoms with Gasteiger partial charge in [0.15, 0.2) is 5.16 Å². The molecule has 2 aromatic rings. The maximum absolute atomic E-state index is 12.5. The number of carbonyl (C=O) groups excluding carboxylic acids is 2. The number of amides is 2. The highest BCUT2D eigenvalue weighted by Gasteiger charge is 2.26. The number of nitrogens with one attached hydrogen (secondary N) is 1. The van der Waals surface area contributed by atoms with Crippen LogP contribution in [-0.2, 0) is 17.6 Å². The molecular weight excluding hydrogens is 394 g/mol. The molecule has 0 atom stereocenters. The predicted octanol–water partition coefficient (Wildman–Crippen LogP) is 3.47. The van der Waals surface area contributed by atoms with E-state index in [-0.39, 0.29) is 11.7 Å². The molecule has 0 spiro atoms. The highest BCUT2D eigenvalue weighted by Crippen LogP contribution is 2.39. The summed E-state index contributed by atoms with van der Waals surface area (Å²) in [6.07, 6.45) is 8.88. The number of thiophene rings is 1. The van der Waals surface area contributed by atoms with Crippen molar-refractivity contribution >= 4 is 39.9 Å². The Morgan fingerprint density at radius 3 is 2.75 bits per heavy atom. The molecule has 0 bridgehead atoms. The van der Waals surface area contributed by atoms with Gasteiger partial charge in [-0.15, -0.1) is 21.5 Å². The highest BCUT2D eigenvalue weighted by atomic mass is 32.2. The van der Waals surface area contributed by atoms with Gasteiger partial charge in [0.25, 0.3) is 5.91 Å². The molecule has 0 aromatic carbocycles. The highest BCUT2D eigenvalue weighted by molar-refractivity contribution is 7.99. The molecule has 1 saturated carbocycles. The fourth-order valence-electron chi connectivity index (χ4n) is 4.25. The number of fused-ring (bicyclic) bond motifs is 1. The largest absolute Gasteiger partial charge is 0.365 e. The zero-order chi connectivity index (χ0) is 19.7. The van der Waals surface area contributed by atoms with Crippen molar-refractivity contribution in [3.8, 4) is 0 Å². The van der Waals surface area contributed by atoms with Crippen molar-refractivity contribution in [1.29, 1.82) is 0 Å². The molecule has 0 radical (unpaired) electrons. The summed E-state index contributed by atoms with van der Waals surface area (Å²) in [6, 6.07) is 0.427. The SMILES string of the molecule is Cc1nnc(SCC(=O)Nc2sc3c(c2C(N)=O)CCC3)n1C1CCCCC1. The van der Waals surface area contributed by atoms with E-state index in [1.54, 1.807) is 0 Å². The summed E-state index contributed by atoms with van der Waals surface area (Å²) in [6.45, 7) is 1.97. The first-order valence-electron chi connectivity index (χ1n) is 9.83. The van der Waals surface area contributed by atoms with Crippen LogP contribution in [0.15, 0.2) is 5.16 Å². The topological polar surface area (TPSA) is 103 Å². The van der Waals surface area contributed by atoms with Crippen molar-refractivity contribution < 1.29 is 9.59 Å². The van der Waals surface area contributed by atoms with E-state index >= 15 is 0 Å². The Kier molecular flexibility index (Phi) is 5.73. The summed E-state index contributed by atoms with van der Waals surface area (Å²) in [5.74, 6) is 0.518. The second-order valence-corrected chi connectivity index (χ2v) is 9.50. The summed E-state index contributed by atoms with van der Waals surface area (Å²) in [5.41, 5.74) is 7.09. The molecule has 28 heavy (non-hydrogen) atoms. The van der Waals surface area contributed by atoms with Crippen LogP contribution in [0.5, 0.6) is 0 Å². The van der Waals surface area contributed by atoms with Gasteiger partial charge in [0.1, 0.15) is 10.8 Å². The Morgan fingerprint density at radius 1 is 1.21 bits per heavy atom. The standard InChI is InChI=1S/C19H25N5O2S2/c1-11-22-23-19(24(11)12-6-3-2-4-7-12)27-10-15(25)21-18-16(17(20)26)13-8-5-9-14(13)28-18/h12H,2-10H2,1H3,(H2,20,26)(H,21,25). The van der Waals surface area contributed by atoms with Crippen LogP contribution in [0.2, 0.25) is 0 Å². The number of aryl methyl sites for hydroxylation is 2. The molecule has 2 amide bonds. The van der Waals surface area contributed by atoms with Crippen molar-refractivity contribution in [2.45, 2.75) is 69.5 Å². The summed E-state index contributed by atoms with van der Waals surface area (Å²) >= 11 is 2.88. The first kappa shape index (κ1) is 19.4. The molecule has 7 nitrogen and oxygen atoms in total. The van der Waals surface area contributed by atoms with Crippen molar-refractivity contribution in [3.63, 3.8) is 0 Å². The minimum absolute atomic E-state index is 0.150. The molecule has 2 aliphatic rings. The Bertz CT molecular complexity index is 899. The first-order chi connectivity index (χ1) is 13.5. The van der Waals surface area contributed by atoms with E-state index in [0.717, 1.165) is 48.6 Å². The molecule has 0 saturated heterocycles. The minimum Gasteiger partial charge on any atom is -0.365 e. The van der Waals surface area contributed by atoms with Gasteiger partial charge in [-0.05, 0) is 44.6 Å². The summed E-state index contributed by atoms with van der Waals surface area (Å²) in [7, 11) is 0. The number of carbonyl (C=O) groups is 2. The lowest BCUT2D eigenvalue weighted by Gasteiger charge is -2.24. The second kappa shape index (κ2) is 8.24. The Morgan fingerprint density at radius 2 is 2.00 bits per heavy atom. The smallest absolute Gasteiger partial charge is 0.251 e. The molecule has 2 aromatic heterocycles. The molecule has 1 fully saturated rings. The monoisotopic (exact) mass is 419 g/mol. The molecule has 4 rings (SSSR count). The number of anilines is 1. The molecule has 150 valence electrons. The van der Waals surface area contributed by atoms with Crippen LogP contribution >= 0.6 is 23.1 Å². The van der Waals surface area contributed by atoms with Crippen LogP contribution < -0.4 is 11.1 Å². The van der Waals surface area contributed by atoms with Gasteiger partial charge in [0, 0.05) is 10.9 Å². The zero-order valence-corrected chi connectivity index (χ0v) is 17.6. The number of nitrogens with two attached hydrogens (primary N) is 1. The molecule has 3 N–H and O–H groups in total.